The number of halogens is 3. The van der Waals surface area contributed by atoms with Crippen LogP contribution in [0.5, 0.6) is 0 Å². The summed E-state index contributed by atoms with van der Waals surface area (Å²) in [4.78, 5) is 8.20. The summed E-state index contributed by atoms with van der Waals surface area (Å²) in [7, 11) is 0. The third kappa shape index (κ3) is 6.97. The SMILES string of the molecule is [2H]C([2H])([2H])c1ccc(-c2[c-]cccc2C(F)(F)F)nc1.[Ir].[c-]1ccccc1-c1cc(-c2ccccc2)ccn1. The molecule has 0 aliphatic heterocycles. The van der Waals surface area contributed by atoms with Crippen molar-refractivity contribution in [3.05, 3.63) is 133 Å². The molecule has 3 aromatic carbocycles. The van der Waals surface area contributed by atoms with Crippen molar-refractivity contribution in [2.24, 2.45) is 0 Å². The van der Waals surface area contributed by atoms with Crippen LogP contribution in [0.1, 0.15) is 15.2 Å². The molecule has 6 heteroatoms. The summed E-state index contributed by atoms with van der Waals surface area (Å²) < 4.78 is 60.2. The van der Waals surface area contributed by atoms with Crippen LogP contribution < -0.4 is 0 Å². The second kappa shape index (κ2) is 12.4. The van der Waals surface area contributed by atoms with Crippen LogP contribution in [0.2, 0.25) is 0 Å². The van der Waals surface area contributed by atoms with Crippen molar-refractivity contribution in [3.63, 3.8) is 0 Å². The van der Waals surface area contributed by atoms with E-state index in [9.17, 15) is 13.2 Å². The van der Waals surface area contributed by atoms with Gasteiger partial charge in [-0.2, -0.15) is 13.2 Å². The molecule has 0 amide bonds. The molecule has 0 spiro atoms. The van der Waals surface area contributed by atoms with Gasteiger partial charge in [-0.1, -0.05) is 48.5 Å². The molecule has 36 heavy (non-hydrogen) atoms. The molecular formula is C30H21F3IrN2-2. The van der Waals surface area contributed by atoms with E-state index in [4.69, 9.17) is 4.11 Å². The Morgan fingerprint density at radius 1 is 0.750 bits per heavy atom. The Labute approximate surface area is 226 Å². The average molecular weight is 662 g/mol. The molecule has 0 fully saturated rings. The number of alkyl halides is 3. The Kier molecular flexibility index (Phi) is 7.86. The molecular weight excluding hydrogens is 638 g/mol. The van der Waals surface area contributed by atoms with Crippen LogP contribution in [-0.4, -0.2) is 9.97 Å². The second-order valence-corrected chi connectivity index (χ2v) is 7.46. The molecule has 0 bridgehead atoms. The van der Waals surface area contributed by atoms with E-state index < -0.39 is 18.6 Å². The van der Waals surface area contributed by atoms with Crippen LogP contribution in [0, 0.1) is 19.0 Å². The molecule has 0 saturated heterocycles. The van der Waals surface area contributed by atoms with E-state index in [1.807, 2.05) is 54.7 Å². The number of nitrogens with zero attached hydrogens (tertiary/aromatic N) is 2. The fraction of sp³-hybridized carbons (Fsp3) is 0.0667. The fourth-order valence-corrected chi connectivity index (χ4v) is 3.37. The first-order valence-corrected chi connectivity index (χ1v) is 10.7. The molecule has 0 aliphatic rings. The molecule has 0 aliphatic carbocycles. The van der Waals surface area contributed by atoms with E-state index in [1.165, 1.54) is 35.4 Å². The first kappa shape index (κ1) is 22.8. The Hall–Kier alpha value is -3.60. The predicted molar refractivity (Wildman–Crippen MR) is 132 cm³/mol. The van der Waals surface area contributed by atoms with Gasteiger partial charge >= 0.3 is 6.18 Å². The third-order valence-corrected chi connectivity index (χ3v) is 5.03. The molecule has 2 nitrogen and oxygen atoms in total. The summed E-state index contributed by atoms with van der Waals surface area (Å²) in [6, 6.07) is 34.1. The quantitative estimate of drug-likeness (QED) is 0.183. The van der Waals surface area contributed by atoms with Crippen LogP contribution in [0.15, 0.2) is 109 Å². The Bertz CT molecular complexity index is 1420. The van der Waals surface area contributed by atoms with Crippen LogP contribution in [0.25, 0.3) is 33.6 Å². The number of aromatic nitrogens is 2. The zero-order chi connectivity index (χ0) is 27.2. The Morgan fingerprint density at radius 2 is 1.53 bits per heavy atom. The minimum absolute atomic E-state index is 0. The number of rotatable bonds is 3. The molecule has 5 rings (SSSR count). The van der Waals surface area contributed by atoms with Crippen molar-refractivity contribution in [1.29, 1.82) is 0 Å². The van der Waals surface area contributed by atoms with Crippen LogP contribution in [0.3, 0.4) is 0 Å². The van der Waals surface area contributed by atoms with Crippen molar-refractivity contribution in [1.82, 2.24) is 9.97 Å². The summed E-state index contributed by atoms with van der Waals surface area (Å²) in [5, 5.41) is 0. The molecule has 0 saturated carbocycles. The maximum absolute atomic E-state index is 12.9. The van der Waals surface area contributed by atoms with Gasteiger partial charge in [0.05, 0.1) is 0 Å². The van der Waals surface area contributed by atoms with Crippen molar-refractivity contribution in [2.45, 2.75) is 13.0 Å². The molecule has 2 aromatic heterocycles. The van der Waals surface area contributed by atoms with Gasteiger partial charge in [0.25, 0.3) is 0 Å². The summed E-state index contributed by atoms with van der Waals surface area (Å²) >= 11 is 0. The largest absolute Gasteiger partial charge is 0.381 e. The van der Waals surface area contributed by atoms with Gasteiger partial charge in [-0.05, 0) is 46.6 Å². The molecule has 0 N–H and O–H groups in total. The molecule has 0 atom stereocenters. The minimum atomic E-state index is -4.52. The van der Waals surface area contributed by atoms with Crippen molar-refractivity contribution >= 4 is 0 Å². The van der Waals surface area contributed by atoms with Crippen LogP contribution in [-0.2, 0) is 26.3 Å². The van der Waals surface area contributed by atoms with Gasteiger partial charge in [0.1, 0.15) is 0 Å². The van der Waals surface area contributed by atoms with Crippen molar-refractivity contribution < 1.29 is 37.4 Å². The van der Waals surface area contributed by atoms with Crippen molar-refractivity contribution in [3.8, 4) is 33.6 Å². The average Bonchev–Trinajstić information content (AvgIpc) is 2.94. The molecule has 5 aromatic rings. The number of hydrogen-bond donors (Lipinski definition) is 0. The molecule has 183 valence electrons. The number of pyridine rings is 2. The first-order chi connectivity index (χ1) is 18.1. The third-order valence-electron chi connectivity index (χ3n) is 5.03. The van der Waals surface area contributed by atoms with Gasteiger partial charge in [0, 0.05) is 36.6 Å². The van der Waals surface area contributed by atoms with E-state index in [0.29, 0.717) is 0 Å². The number of benzene rings is 3. The number of aryl methyl sites for hydroxylation is 1. The van der Waals surface area contributed by atoms with E-state index >= 15 is 0 Å². The summed E-state index contributed by atoms with van der Waals surface area (Å²) in [6.45, 7) is -2.33. The molecule has 0 unspecified atom stereocenters. The normalized spacial score (nSPS) is 12.1. The Morgan fingerprint density at radius 3 is 2.19 bits per heavy atom. The van der Waals surface area contributed by atoms with Gasteiger partial charge in [-0.3, -0.25) is 0 Å². The summed E-state index contributed by atoms with van der Waals surface area (Å²) in [6.07, 6.45) is -1.61. The number of hydrogen-bond acceptors (Lipinski definition) is 2. The Balaban J connectivity index is 0.000000211. The first-order valence-electron chi connectivity index (χ1n) is 12.2. The van der Waals surface area contributed by atoms with E-state index in [2.05, 4.69) is 40.3 Å². The zero-order valence-corrected chi connectivity index (χ0v) is 21.1. The fourth-order valence-electron chi connectivity index (χ4n) is 3.37. The van der Waals surface area contributed by atoms with Gasteiger partial charge in [-0.25, -0.2) is 0 Å². The van der Waals surface area contributed by atoms with Crippen molar-refractivity contribution in [2.75, 3.05) is 0 Å². The zero-order valence-electron chi connectivity index (χ0n) is 21.8. The van der Waals surface area contributed by atoms with E-state index in [1.54, 1.807) is 0 Å². The van der Waals surface area contributed by atoms with Gasteiger partial charge in [0.15, 0.2) is 0 Å². The standard InChI is InChI=1S/C17H12N.C13H9F3N.Ir/c1-3-7-14(8-4-1)16-11-12-18-17(13-16)15-9-5-2-6-10-15;1-9-6-7-12(17-8-9)10-4-2-3-5-11(10)13(14,15)16;/h1-9,11-13H;2-3,5-8H,1H3;/q2*-1;/i;1D3;. The van der Waals surface area contributed by atoms with Gasteiger partial charge in [0.2, 0.25) is 0 Å². The van der Waals surface area contributed by atoms with Crippen LogP contribution in [0.4, 0.5) is 13.2 Å². The van der Waals surface area contributed by atoms with E-state index in [-0.39, 0.29) is 36.9 Å². The molecule has 1 radical (unpaired) electrons. The topological polar surface area (TPSA) is 25.8 Å². The monoisotopic (exact) mass is 662 g/mol. The van der Waals surface area contributed by atoms with Crippen LogP contribution >= 0.6 is 0 Å². The summed E-state index contributed by atoms with van der Waals surface area (Å²) in [5.41, 5.74) is 3.32. The maximum atomic E-state index is 12.9. The van der Waals surface area contributed by atoms with Gasteiger partial charge < -0.3 is 9.97 Å². The predicted octanol–water partition coefficient (Wildman–Crippen LogP) is 8.09. The second-order valence-electron chi connectivity index (χ2n) is 7.46. The summed E-state index contributed by atoms with van der Waals surface area (Å²) in [5.74, 6) is 0. The minimum Gasteiger partial charge on any atom is -0.305 e. The van der Waals surface area contributed by atoms with Gasteiger partial charge in [-0.15, -0.1) is 65.7 Å². The maximum Gasteiger partial charge on any atom is 0.381 e. The molecule has 2 heterocycles. The smallest absolute Gasteiger partial charge is 0.305 e. The van der Waals surface area contributed by atoms with E-state index in [0.717, 1.165) is 23.5 Å².